The van der Waals surface area contributed by atoms with Crippen LogP contribution in [0.1, 0.15) is 38.8 Å². The fourth-order valence-electron chi connectivity index (χ4n) is 2.48. The molecule has 1 rings (SSSR count). The van der Waals surface area contributed by atoms with Gasteiger partial charge in [0.25, 0.3) is 0 Å². The molecule has 0 bridgehead atoms. The number of esters is 1. The molecule has 0 saturated carbocycles. The lowest BCUT2D eigenvalue weighted by molar-refractivity contribution is -0.145. The Morgan fingerprint density at radius 1 is 1.22 bits per heavy atom. The number of phenols is 1. The van der Waals surface area contributed by atoms with E-state index in [0.717, 1.165) is 17.1 Å². The lowest BCUT2D eigenvalue weighted by Gasteiger charge is -2.18. The fraction of sp³-hybridized carbons (Fsp3) is 0.440. The Hall–Kier alpha value is -2.67. The number of amides is 1. The molecule has 178 valence electrons. The van der Waals surface area contributed by atoms with Crippen molar-refractivity contribution >= 4 is 24.7 Å². The molecule has 0 unspecified atom stereocenters. The van der Waals surface area contributed by atoms with Crippen LogP contribution >= 0.6 is 12.6 Å². The molecular formula is C25H37NO5S. The van der Waals surface area contributed by atoms with Gasteiger partial charge in [0.15, 0.2) is 0 Å². The first-order chi connectivity index (χ1) is 15.1. The highest BCUT2D eigenvalue weighted by atomic mass is 32.1. The number of ether oxygens (including phenoxy) is 2. The summed E-state index contributed by atoms with van der Waals surface area (Å²) in [6, 6.07) is 4.01. The van der Waals surface area contributed by atoms with Crippen LogP contribution in [0.25, 0.3) is 0 Å². The molecule has 0 aromatic heterocycles. The minimum atomic E-state index is -0.956. The lowest BCUT2D eigenvalue weighted by Crippen LogP contribution is -2.44. The van der Waals surface area contributed by atoms with Gasteiger partial charge in [0.05, 0.1) is 0 Å². The number of thiol groups is 1. The molecule has 0 fully saturated rings. The summed E-state index contributed by atoms with van der Waals surface area (Å²) in [4.78, 5) is 24.5. The van der Waals surface area contributed by atoms with Crippen LogP contribution in [-0.2, 0) is 20.7 Å². The molecule has 1 amide bonds. The smallest absolute Gasteiger partial charge is 0.408 e. The van der Waals surface area contributed by atoms with Crippen LogP contribution in [0.3, 0.4) is 0 Å². The molecule has 2 N–H and O–H groups in total. The van der Waals surface area contributed by atoms with Crippen molar-refractivity contribution in [1.82, 2.24) is 5.32 Å². The highest BCUT2D eigenvalue weighted by molar-refractivity contribution is 7.80. The van der Waals surface area contributed by atoms with Gasteiger partial charge in [-0.25, -0.2) is 9.59 Å². The summed E-state index contributed by atoms with van der Waals surface area (Å²) in [6.45, 7) is 14.0. The molecule has 0 spiro atoms. The van der Waals surface area contributed by atoms with Gasteiger partial charge >= 0.3 is 12.1 Å². The largest absolute Gasteiger partial charge is 0.508 e. The van der Waals surface area contributed by atoms with E-state index in [2.05, 4.69) is 45.3 Å². The number of phenolic OH excluding ortho intramolecular Hbond substituents is 1. The summed E-state index contributed by atoms with van der Waals surface area (Å²) < 4.78 is 10.3. The number of hydrogen-bond acceptors (Lipinski definition) is 6. The van der Waals surface area contributed by atoms with Crippen molar-refractivity contribution < 1.29 is 24.2 Å². The summed E-state index contributed by atoms with van der Waals surface area (Å²) in [5.74, 6) is 0.695. The van der Waals surface area contributed by atoms with E-state index in [1.807, 2.05) is 26.0 Å². The number of benzene rings is 1. The number of carbonyl (C=O) groups is 2. The van der Waals surface area contributed by atoms with E-state index in [1.165, 1.54) is 6.07 Å². The van der Waals surface area contributed by atoms with Gasteiger partial charge in [-0.15, -0.1) is 0 Å². The Morgan fingerprint density at radius 3 is 2.41 bits per heavy atom. The van der Waals surface area contributed by atoms with Gasteiger partial charge in [0, 0.05) is 12.2 Å². The molecule has 0 aliphatic rings. The average molecular weight is 464 g/mol. The quantitative estimate of drug-likeness (QED) is 0.253. The number of rotatable bonds is 10. The Balaban J connectivity index is 0.00000220. The Labute approximate surface area is 197 Å². The zero-order valence-electron chi connectivity index (χ0n) is 19.8. The van der Waals surface area contributed by atoms with Crippen molar-refractivity contribution in [3.63, 3.8) is 0 Å². The monoisotopic (exact) mass is 463 g/mol. The molecule has 0 heterocycles. The standard InChI is InChI=1S/C21H27NO5S.C4H10/c1-4-6-16(7-5-2)14-27-21(25)22-19(20(24)26-8-9-28)13-17-10-15(3)11-18(23)12-17;1-4(2)3/h4-7,10-12,19,23,28H,1,8-9,13-14H2,2-3H3,(H,22,25);4H,1-3H3/b7-5-,16-6+;/t19-;/m0./s1. The first kappa shape index (κ1) is 29.3. The molecular weight excluding hydrogens is 426 g/mol. The van der Waals surface area contributed by atoms with Gasteiger partial charge in [-0.1, -0.05) is 57.7 Å². The zero-order chi connectivity index (χ0) is 24.5. The van der Waals surface area contributed by atoms with E-state index in [4.69, 9.17) is 9.47 Å². The summed E-state index contributed by atoms with van der Waals surface area (Å²) in [7, 11) is 0. The first-order valence-electron chi connectivity index (χ1n) is 10.6. The van der Waals surface area contributed by atoms with Crippen molar-refractivity contribution in [2.75, 3.05) is 19.0 Å². The minimum absolute atomic E-state index is 0.0336. The molecule has 1 atom stereocenters. The second kappa shape index (κ2) is 17.0. The highest BCUT2D eigenvalue weighted by Gasteiger charge is 2.24. The molecule has 0 saturated heterocycles. The summed E-state index contributed by atoms with van der Waals surface area (Å²) in [5.41, 5.74) is 2.28. The van der Waals surface area contributed by atoms with E-state index in [9.17, 15) is 14.7 Å². The summed E-state index contributed by atoms with van der Waals surface area (Å²) >= 11 is 4.01. The number of carbonyl (C=O) groups excluding carboxylic acids is 2. The van der Waals surface area contributed by atoms with Gasteiger partial charge < -0.3 is 19.9 Å². The van der Waals surface area contributed by atoms with E-state index in [1.54, 1.807) is 24.3 Å². The number of hydrogen-bond donors (Lipinski definition) is 3. The van der Waals surface area contributed by atoms with Gasteiger partial charge in [-0.2, -0.15) is 12.6 Å². The van der Waals surface area contributed by atoms with Crippen LogP contribution in [0.2, 0.25) is 0 Å². The summed E-state index contributed by atoms with van der Waals surface area (Å²) in [5, 5.41) is 12.3. The van der Waals surface area contributed by atoms with Crippen molar-refractivity contribution in [1.29, 1.82) is 0 Å². The van der Waals surface area contributed by atoms with Crippen molar-refractivity contribution in [2.45, 2.75) is 47.1 Å². The van der Waals surface area contributed by atoms with E-state index < -0.39 is 18.1 Å². The predicted octanol–water partition coefficient (Wildman–Crippen LogP) is 5.16. The zero-order valence-corrected chi connectivity index (χ0v) is 20.7. The number of allylic oxidation sites excluding steroid dienone is 3. The lowest BCUT2D eigenvalue weighted by atomic mass is 10.0. The predicted molar refractivity (Wildman–Crippen MR) is 133 cm³/mol. The normalized spacial score (nSPS) is 12.0. The SMILES string of the molecule is C=C/C=C(\C=C/C)COC(=O)N[C@@H](Cc1cc(C)cc(O)c1)C(=O)OCCS.CC(C)C. The molecule has 7 heteroatoms. The molecule has 32 heavy (non-hydrogen) atoms. The third kappa shape index (κ3) is 14.4. The van der Waals surface area contributed by atoms with Gasteiger partial charge in [0.2, 0.25) is 0 Å². The Bertz CT molecular complexity index is 764. The third-order valence-electron chi connectivity index (χ3n) is 3.56. The highest BCUT2D eigenvalue weighted by Crippen LogP contribution is 2.17. The fourth-order valence-corrected chi connectivity index (χ4v) is 2.58. The number of aryl methyl sites for hydroxylation is 1. The second-order valence-electron chi connectivity index (χ2n) is 7.75. The molecule has 0 aliphatic heterocycles. The van der Waals surface area contributed by atoms with E-state index >= 15 is 0 Å². The number of nitrogens with one attached hydrogen (secondary N) is 1. The van der Waals surface area contributed by atoms with Gasteiger partial charge in [-0.3, -0.25) is 0 Å². The summed E-state index contributed by atoms with van der Waals surface area (Å²) in [6.07, 6.45) is 6.34. The van der Waals surface area contributed by atoms with Crippen LogP contribution in [-0.4, -0.2) is 42.2 Å². The minimum Gasteiger partial charge on any atom is -0.508 e. The molecule has 6 nitrogen and oxygen atoms in total. The van der Waals surface area contributed by atoms with Crippen molar-refractivity contribution in [2.24, 2.45) is 5.92 Å². The third-order valence-corrected chi connectivity index (χ3v) is 3.74. The molecule has 1 aromatic carbocycles. The molecule has 0 radical (unpaired) electrons. The maximum absolute atomic E-state index is 12.3. The van der Waals surface area contributed by atoms with Crippen molar-refractivity contribution in [3.05, 3.63) is 65.8 Å². The van der Waals surface area contributed by atoms with Crippen LogP contribution in [0.15, 0.2) is 54.7 Å². The Morgan fingerprint density at radius 2 is 1.88 bits per heavy atom. The van der Waals surface area contributed by atoms with E-state index in [-0.39, 0.29) is 25.4 Å². The molecule has 1 aromatic rings. The number of aromatic hydroxyl groups is 1. The van der Waals surface area contributed by atoms with Crippen LogP contribution in [0, 0.1) is 12.8 Å². The Kier molecular flexibility index (Phi) is 15.5. The van der Waals surface area contributed by atoms with Crippen LogP contribution < -0.4 is 5.32 Å². The van der Waals surface area contributed by atoms with Crippen LogP contribution in [0.5, 0.6) is 5.75 Å². The van der Waals surface area contributed by atoms with E-state index in [0.29, 0.717) is 11.3 Å². The van der Waals surface area contributed by atoms with Gasteiger partial charge in [-0.05, 0) is 48.6 Å². The van der Waals surface area contributed by atoms with Gasteiger partial charge in [0.1, 0.15) is 25.0 Å². The average Bonchev–Trinajstić information content (AvgIpc) is 2.69. The maximum Gasteiger partial charge on any atom is 0.408 e. The first-order valence-corrected chi connectivity index (χ1v) is 11.2. The number of alkyl carbamates (subject to hydrolysis) is 1. The second-order valence-corrected chi connectivity index (χ2v) is 8.20. The molecule has 0 aliphatic carbocycles. The van der Waals surface area contributed by atoms with Crippen LogP contribution in [0.4, 0.5) is 4.79 Å². The maximum atomic E-state index is 12.3. The topological polar surface area (TPSA) is 84.9 Å². The van der Waals surface area contributed by atoms with Crippen molar-refractivity contribution in [3.8, 4) is 5.75 Å².